The van der Waals surface area contributed by atoms with E-state index in [4.69, 9.17) is 202 Å². The summed E-state index contributed by atoms with van der Waals surface area (Å²) in [6.07, 6.45) is 12.5. The molecule has 12 heterocycles. The Morgan fingerprint density at radius 3 is 0.884 bits per heavy atom. The maximum Gasteiger partial charge on any atom is 0.220 e. The van der Waals surface area contributed by atoms with Gasteiger partial charge in [0.15, 0.2) is 0 Å². The van der Waals surface area contributed by atoms with Crippen LogP contribution in [0.15, 0.2) is 54.6 Å². The second-order valence-corrected chi connectivity index (χ2v) is 34.0. The number of anilines is 6. The zero-order chi connectivity index (χ0) is 85.7. The Balaban J connectivity index is 0.000000113. The van der Waals surface area contributed by atoms with Crippen molar-refractivity contribution in [3.05, 3.63) is 199 Å². The van der Waals surface area contributed by atoms with E-state index in [0.29, 0.717) is 146 Å². The van der Waals surface area contributed by atoms with Gasteiger partial charge in [-0.3, -0.25) is 0 Å². The SMILES string of the molecule is CCc1cc(-c2c(Cl)cc(Cl)c3c2CCO3)nc(N)n1.Cc1cc(-c2c(Cl)cc(Cl)c3c2CCO3)nc(N)n1.Cc1cc(-c2c(Cl)cc(Cl)c3c2CCO3)nc(N)n1.Cc1nc(N)nc(-c2c(Cl)cc(Cl)c3c2CCO3)c1C.Nc1nc2c(c(-c3c(Cl)cc(Cl)c4c3CCO4)n1)CCC2.Nc1nc2c(c(-c3c(Cl)cc(Cl)c4c3CCO4)n1)CCCC2. The summed E-state index contributed by atoms with van der Waals surface area (Å²) in [6.45, 7) is 13.2. The Bertz CT molecular complexity index is 6030. The quantitative estimate of drug-likeness (QED) is 0.0863. The largest absolute Gasteiger partial charge is 0.491 e. The van der Waals surface area contributed by atoms with Crippen molar-refractivity contribution in [3.8, 4) is 102 Å². The molecule has 0 bridgehead atoms. The lowest BCUT2D eigenvalue weighted by Crippen LogP contribution is -2.12. The van der Waals surface area contributed by atoms with Crippen LogP contribution < -0.4 is 62.8 Å². The molecular formula is C85H76Cl12N18O6. The van der Waals surface area contributed by atoms with Crippen LogP contribution in [-0.2, 0) is 70.6 Å². The fourth-order valence-corrected chi connectivity index (χ4v) is 19.9. The number of rotatable bonds is 7. The van der Waals surface area contributed by atoms with Gasteiger partial charge in [0.2, 0.25) is 35.7 Å². The molecule has 0 saturated heterocycles. The van der Waals surface area contributed by atoms with Crippen molar-refractivity contribution >= 4 is 175 Å². The minimum Gasteiger partial charge on any atom is -0.491 e. The fraction of sp³-hybridized carbons (Fsp3) is 0.294. The first-order valence-electron chi connectivity index (χ1n) is 38.6. The number of hydrogen-bond acceptors (Lipinski definition) is 24. The number of hydrogen-bond donors (Lipinski definition) is 6. The summed E-state index contributed by atoms with van der Waals surface area (Å²) in [7, 11) is 0. The van der Waals surface area contributed by atoms with Gasteiger partial charge in [0.05, 0.1) is 134 Å². The van der Waals surface area contributed by atoms with Crippen LogP contribution in [0.4, 0.5) is 35.7 Å². The maximum atomic E-state index is 6.50. The van der Waals surface area contributed by atoms with Crippen LogP contribution in [-0.4, -0.2) is 99.4 Å². The van der Waals surface area contributed by atoms with Crippen molar-refractivity contribution in [2.45, 2.75) is 125 Å². The summed E-state index contributed by atoms with van der Waals surface area (Å²) in [6, 6.07) is 15.8. The molecule has 0 fully saturated rings. The molecule has 8 aliphatic rings. The topological polar surface area (TPSA) is 366 Å². The van der Waals surface area contributed by atoms with E-state index >= 15 is 0 Å². The minimum absolute atomic E-state index is 0.230. The smallest absolute Gasteiger partial charge is 0.220 e. The molecule has 6 aliphatic heterocycles. The lowest BCUT2D eigenvalue weighted by atomic mass is 9.90. The van der Waals surface area contributed by atoms with Gasteiger partial charge in [0.25, 0.3) is 0 Å². The molecule has 0 saturated carbocycles. The highest BCUT2D eigenvalue weighted by atomic mass is 35.5. The van der Waals surface area contributed by atoms with E-state index in [1.165, 1.54) is 5.56 Å². The van der Waals surface area contributed by atoms with E-state index in [1.54, 1.807) is 36.4 Å². The first-order chi connectivity index (χ1) is 58.0. The van der Waals surface area contributed by atoms with Crippen LogP contribution >= 0.6 is 139 Å². The van der Waals surface area contributed by atoms with Gasteiger partial charge in [-0.15, -0.1) is 0 Å². The van der Waals surface area contributed by atoms with Crippen molar-refractivity contribution in [2.75, 3.05) is 74.0 Å². The van der Waals surface area contributed by atoms with E-state index in [2.05, 4.69) is 59.8 Å². The van der Waals surface area contributed by atoms with Crippen LogP contribution in [0.1, 0.15) is 110 Å². The predicted octanol–water partition coefficient (Wildman–Crippen LogP) is 21.0. The predicted molar refractivity (Wildman–Crippen MR) is 484 cm³/mol. The number of benzene rings is 6. The van der Waals surface area contributed by atoms with Gasteiger partial charge < -0.3 is 62.8 Å². The van der Waals surface area contributed by atoms with Crippen molar-refractivity contribution in [1.82, 2.24) is 59.8 Å². The zero-order valence-electron chi connectivity index (χ0n) is 65.7. The monoisotopic (exact) mass is 1860 g/mol. The number of nitrogens with zero attached hydrogens (tertiary/aromatic N) is 12. The van der Waals surface area contributed by atoms with Crippen molar-refractivity contribution < 1.29 is 28.4 Å². The molecule has 2 aliphatic carbocycles. The minimum atomic E-state index is 0.230. The summed E-state index contributed by atoms with van der Waals surface area (Å²) in [5, 5.41) is 6.62. The van der Waals surface area contributed by atoms with E-state index in [-0.39, 0.29) is 23.8 Å². The van der Waals surface area contributed by atoms with E-state index in [0.717, 1.165) is 236 Å². The Hall–Kier alpha value is -9.12. The van der Waals surface area contributed by atoms with Gasteiger partial charge in [-0.05, 0) is 139 Å². The van der Waals surface area contributed by atoms with E-state index in [9.17, 15) is 0 Å². The average Bonchev–Trinajstić information content (AvgIpc) is 1.74. The first-order valence-corrected chi connectivity index (χ1v) is 43.2. The number of aryl methyl sites for hydroxylation is 6. The van der Waals surface area contributed by atoms with Gasteiger partial charge in [-0.1, -0.05) is 146 Å². The summed E-state index contributed by atoms with van der Waals surface area (Å²) in [5.41, 5.74) is 59.1. The molecule has 0 unspecified atom stereocenters. The average molecular weight is 1870 g/mol. The highest BCUT2D eigenvalue weighted by molar-refractivity contribution is 6.41. The zero-order valence-corrected chi connectivity index (χ0v) is 74.7. The van der Waals surface area contributed by atoms with Crippen molar-refractivity contribution in [1.29, 1.82) is 0 Å². The molecule has 0 spiro atoms. The van der Waals surface area contributed by atoms with Gasteiger partial charge in [0, 0.05) is 151 Å². The van der Waals surface area contributed by atoms with Gasteiger partial charge >= 0.3 is 0 Å². The van der Waals surface area contributed by atoms with Gasteiger partial charge in [-0.2, -0.15) is 0 Å². The lowest BCUT2D eigenvalue weighted by Gasteiger charge is -2.20. The van der Waals surface area contributed by atoms with Crippen molar-refractivity contribution in [2.24, 2.45) is 0 Å². The number of halogens is 12. The summed E-state index contributed by atoms with van der Waals surface area (Å²) in [5.74, 6) is 5.76. The third-order valence-corrected chi connectivity index (χ3v) is 24.7. The molecule has 36 heteroatoms. The highest BCUT2D eigenvalue weighted by Crippen LogP contribution is 2.52. The molecule has 626 valence electrons. The third-order valence-electron chi connectivity index (χ3n) is 21.2. The molecule has 0 amide bonds. The molecule has 121 heavy (non-hydrogen) atoms. The van der Waals surface area contributed by atoms with Gasteiger partial charge in [-0.25, -0.2) is 59.8 Å². The number of fused-ring (bicyclic) bond motifs is 8. The first kappa shape index (κ1) is 86.8. The van der Waals surface area contributed by atoms with Crippen LogP contribution in [0, 0.1) is 27.7 Å². The lowest BCUT2D eigenvalue weighted by molar-refractivity contribution is 0.357. The molecule has 12 aromatic rings. The Kier molecular flexibility index (Phi) is 26.4. The molecule has 6 aromatic carbocycles. The van der Waals surface area contributed by atoms with Crippen molar-refractivity contribution in [3.63, 3.8) is 0 Å². The normalized spacial score (nSPS) is 14.2. The summed E-state index contributed by atoms with van der Waals surface area (Å²) >= 11 is 75.4. The molecule has 0 radical (unpaired) electrons. The third kappa shape index (κ3) is 18.0. The number of nitrogens with two attached hydrogens (primary N) is 6. The van der Waals surface area contributed by atoms with Gasteiger partial charge in [0.1, 0.15) is 34.5 Å². The second-order valence-electron chi connectivity index (χ2n) is 29.1. The number of aromatic nitrogens is 12. The number of ether oxygens (including phenoxy) is 6. The maximum absolute atomic E-state index is 6.50. The molecule has 6 aromatic heterocycles. The van der Waals surface area contributed by atoms with Crippen LogP contribution in [0.3, 0.4) is 0 Å². The summed E-state index contributed by atoms with van der Waals surface area (Å²) in [4.78, 5) is 51.4. The standard InChI is InChI=1S/C16H15Cl2N3O.C15H13Cl2N3O.2C14H13Cl2N3O.2C13H11Cl2N3O/c17-10-7-11(18)15-9(5-6-22-15)13(10)14-8-3-1-2-4-12(8)20-16(19)21-14;16-9-6-10(17)14-8(4-5-21-14)12(9)13-7-2-1-3-11(7)19-15(18)20-13;1-6-7(2)18-14(17)19-12(6)11-8-3-4-20-13(8)10(16)5-9(11)15;1-2-7-5-11(19-14(17)18-7)12-8-3-4-20-13(8)10(16)6-9(12)15;2*1-6-4-10(18-13(16)17-6)11-7-2-3-19-12(7)9(15)5-8(11)14/h7H,1-6H2,(H2,19,20,21);6H,1-5H2,(H2,18,19,20);5H,3-4H2,1-2H3,(H2,17,18,19);5-6H,2-4H2,1H3,(H2,17,18,19);2*4-5H,2-3H2,1H3,(H2,16,17,18). The fourth-order valence-electron chi connectivity index (χ4n) is 16.0. The summed E-state index contributed by atoms with van der Waals surface area (Å²) < 4.78 is 33.5. The highest BCUT2D eigenvalue weighted by Gasteiger charge is 2.34. The second kappa shape index (κ2) is 36.7. The van der Waals surface area contributed by atoms with Crippen LogP contribution in [0.25, 0.3) is 67.5 Å². The van der Waals surface area contributed by atoms with Crippen LogP contribution in [0.2, 0.25) is 60.3 Å². The Labute approximate surface area is 756 Å². The molecule has 24 nitrogen and oxygen atoms in total. The Morgan fingerprint density at radius 2 is 0.537 bits per heavy atom. The van der Waals surface area contributed by atoms with E-state index < -0.39 is 0 Å². The number of nitrogen functional groups attached to an aromatic ring is 6. The van der Waals surface area contributed by atoms with Crippen LogP contribution in [0.5, 0.6) is 34.5 Å². The molecular weight excluding hydrogens is 1790 g/mol. The van der Waals surface area contributed by atoms with E-state index in [1.807, 2.05) is 52.8 Å². The molecule has 20 rings (SSSR count). The molecule has 0 atom stereocenters. The Morgan fingerprint density at radius 1 is 0.264 bits per heavy atom. The molecule has 12 N–H and O–H groups in total.